The van der Waals surface area contributed by atoms with Crippen LogP contribution in [0.5, 0.6) is 17.2 Å². The number of rotatable bonds is 2. The molecule has 2 rings (SSSR count). The van der Waals surface area contributed by atoms with Crippen molar-refractivity contribution in [3.05, 3.63) is 17.7 Å². The van der Waals surface area contributed by atoms with Crippen molar-refractivity contribution in [2.75, 3.05) is 13.9 Å². The van der Waals surface area contributed by atoms with Crippen LogP contribution in [0.3, 0.4) is 0 Å². The summed E-state index contributed by atoms with van der Waals surface area (Å²) >= 11 is 3.38. The molecule has 13 heavy (non-hydrogen) atoms. The van der Waals surface area contributed by atoms with Crippen LogP contribution in [-0.2, 0) is 5.33 Å². The zero-order valence-corrected chi connectivity index (χ0v) is 8.76. The third-order valence-corrected chi connectivity index (χ3v) is 2.52. The Morgan fingerprint density at radius 3 is 2.69 bits per heavy atom. The minimum absolute atomic E-state index is 0.296. The number of halogens is 1. The molecule has 1 heterocycles. The van der Waals surface area contributed by atoms with E-state index in [0.29, 0.717) is 6.79 Å². The monoisotopic (exact) mass is 244 g/mol. The Hall–Kier alpha value is -0.900. The predicted octanol–water partition coefficient (Wildman–Crippen LogP) is 2.32. The molecule has 1 aliphatic rings. The third kappa shape index (κ3) is 1.46. The molecule has 0 bridgehead atoms. The van der Waals surface area contributed by atoms with E-state index in [1.807, 2.05) is 12.1 Å². The molecule has 0 atom stereocenters. The summed E-state index contributed by atoms with van der Waals surface area (Å²) < 4.78 is 15.7. The highest BCUT2D eigenvalue weighted by Gasteiger charge is 2.16. The quantitative estimate of drug-likeness (QED) is 0.748. The standard InChI is InChI=1S/C9H9BrO3/c1-11-7-3-9-8(12-5-13-9)2-6(7)4-10/h2-3H,4-5H2,1H3. The first kappa shape index (κ1) is 8.69. The van der Waals surface area contributed by atoms with E-state index < -0.39 is 0 Å². The molecule has 0 saturated heterocycles. The maximum Gasteiger partial charge on any atom is 0.231 e. The van der Waals surface area contributed by atoms with Crippen molar-refractivity contribution in [3.8, 4) is 17.2 Å². The van der Waals surface area contributed by atoms with Crippen molar-refractivity contribution in [1.29, 1.82) is 0 Å². The topological polar surface area (TPSA) is 27.7 Å². The first-order valence-electron chi connectivity index (χ1n) is 3.87. The van der Waals surface area contributed by atoms with Gasteiger partial charge < -0.3 is 14.2 Å². The van der Waals surface area contributed by atoms with E-state index in [-0.39, 0.29) is 0 Å². The van der Waals surface area contributed by atoms with Crippen LogP contribution >= 0.6 is 15.9 Å². The van der Waals surface area contributed by atoms with Gasteiger partial charge in [-0.05, 0) is 6.07 Å². The number of ether oxygens (including phenoxy) is 3. The van der Waals surface area contributed by atoms with Gasteiger partial charge in [-0.25, -0.2) is 0 Å². The normalized spacial score (nSPS) is 13.1. The van der Waals surface area contributed by atoms with Crippen LogP contribution in [0.1, 0.15) is 5.56 Å². The lowest BCUT2D eigenvalue weighted by molar-refractivity contribution is 0.174. The Morgan fingerprint density at radius 2 is 2.08 bits per heavy atom. The molecule has 0 radical (unpaired) electrons. The van der Waals surface area contributed by atoms with Gasteiger partial charge in [0.2, 0.25) is 6.79 Å². The van der Waals surface area contributed by atoms with Gasteiger partial charge in [0.1, 0.15) is 5.75 Å². The summed E-state index contributed by atoms with van der Waals surface area (Å²) in [6, 6.07) is 3.77. The lowest BCUT2D eigenvalue weighted by atomic mass is 10.2. The molecular formula is C9H9BrO3. The van der Waals surface area contributed by atoms with Crippen molar-refractivity contribution in [2.24, 2.45) is 0 Å². The first-order valence-corrected chi connectivity index (χ1v) is 4.99. The third-order valence-electron chi connectivity index (χ3n) is 1.92. The fraction of sp³-hybridized carbons (Fsp3) is 0.333. The maximum absolute atomic E-state index is 5.24. The molecule has 0 unspecified atom stereocenters. The Kier molecular flexibility index (Phi) is 2.31. The largest absolute Gasteiger partial charge is 0.496 e. The Labute approximate surface area is 84.7 Å². The van der Waals surface area contributed by atoms with Crippen LogP contribution in [-0.4, -0.2) is 13.9 Å². The average Bonchev–Trinajstić information content (AvgIpc) is 2.62. The number of methoxy groups -OCH3 is 1. The second-order valence-electron chi connectivity index (χ2n) is 2.65. The zero-order valence-electron chi connectivity index (χ0n) is 7.17. The molecule has 0 spiro atoms. The molecule has 1 aromatic carbocycles. The van der Waals surface area contributed by atoms with Crippen molar-refractivity contribution >= 4 is 15.9 Å². The number of hydrogen-bond donors (Lipinski definition) is 0. The molecule has 4 heteroatoms. The zero-order chi connectivity index (χ0) is 9.26. The molecular weight excluding hydrogens is 236 g/mol. The van der Waals surface area contributed by atoms with Gasteiger partial charge in [0.15, 0.2) is 11.5 Å². The van der Waals surface area contributed by atoms with Crippen LogP contribution in [0.15, 0.2) is 12.1 Å². The fourth-order valence-electron chi connectivity index (χ4n) is 1.26. The van der Waals surface area contributed by atoms with E-state index in [9.17, 15) is 0 Å². The minimum atomic E-state index is 0.296. The number of fused-ring (bicyclic) bond motifs is 1. The van der Waals surface area contributed by atoms with E-state index >= 15 is 0 Å². The highest BCUT2D eigenvalue weighted by Crippen LogP contribution is 2.38. The van der Waals surface area contributed by atoms with Gasteiger partial charge in [0.25, 0.3) is 0 Å². The second-order valence-corrected chi connectivity index (χ2v) is 3.21. The van der Waals surface area contributed by atoms with Crippen molar-refractivity contribution in [1.82, 2.24) is 0 Å². The molecule has 0 aromatic heterocycles. The van der Waals surface area contributed by atoms with Gasteiger partial charge in [-0.2, -0.15) is 0 Å². The van der Waals surface area contributed by atoms with E-state index in [4.69, 9.17) is 14.2 Å². The molecule has 0 saturated carbocycles. The summed E-state index contributed by atoms with van der Waals surface area (Å²) in [6.07, 6.45) is 0. The van der Waals surface area contributed by atoms with Crippen LogP contribution < -0.4 is 14.2 Å². The van der Waals surface area contributed by atoms with Gasteiger partial charge in [-0.1, -0.05) is 15.9 Å². The average molecular weight is 245 g/mol. The number of hydrogen-bond acceptors (Lipinski definition) is 3. The Morgan fingerprint density at radius 1 is 1.38 bits per heavy atom. The fourth-order valence-corrected chi connectivity index (χ4v) is 1.70. The summed E-state index contributed by atoms with van der Waals surface area (Å²) in [4.78, 5) is 0. The molecule has 0 fully saturated rings. The summed E-state index contributed by atoms with van der Waals surface area (Å²) in [5.41, 5.74) is 1.06. The number of benzene rings is 1. The van der Waals surface area contributed by atoms with Crippen molar-refractivity contribution in [3.63, 3.8) is 0 Å². The minimum Gasteiger partial charge on any atom is -0.496 e. The predicted molar refractivity (Wildman–Crippen MR) is 51.7 cm³/mol. The lowest BCUT2D eigenvalue weighted by Crippen LogP contribution is -1.92. The van der Waals surface area contributed by atoms with Crippen LogP contribution in [0.25, 0.3) is 0 Å². The SMILES string of the molecule is COc1cc2c(cc1CBr)OCO2. The second kappa shape index (κ2) is 3.46. The summed E-state index contributed by atoms with van der Waals surface area (Å²) in [7, 11) is 1.64. The van der Waals surface area contributed by atoms with E-state index in [0.717, 1.165) is 28.1 Å². The van der Waals surface area contributed by atoms with E-state index in [1.165, 1.54) is 0 Å². The highest BCUT2D eigenvalue weighted by molar-refractivity contribution is 9.08. The molecule has 1 aromatic rings. The summed E-state index contributed by atoms with van der Waals surface area (Å²) in [5, 5.41) is 0.743. The molecule has 3 nitrogen and oxygen atoms in total. The lowest BCUT2D eigenvalue weighted by Gasteiger charge is -2.06. The van der Waals surface area contributed by atoms with Gasteiger partial charge in [-0.3, -0.25) is 0 Å². The molecule has 0 aliphatic carbocycles. The first-order chi connectivity index (χ1) is 6.35. The van der Waals surface area contributed by atoms with Gasteiger partial charge in [-0.15, -0.1) is 0 Å². The van der Waals surface area contributed by atoms with Gasteiger partial charge in [0.05, 0.1) is 7.11 Å². The molecule has 0 N–H and O–H groups in total. The Balaban J connectivity index is 2.47. The highest BCUT2D eigenvalue weighted by atomic mass is 79.9. The number of alkyl halides is 1. The molecule has 0 amide bonds. The molecule has 1 aliphatic heterocycles. The van der Waals surface area contributed by atoms with E-state index in [2.05, 4.69) is 15.9 Å². The van der Waals surface area contributed by atoms with E-state index in [1.54, 1.807) is 7.11 Å². The van der Waals surface area contributed by atoms with Crippen molar-refractivity contribution < 1.29 is 14.2 Å². The van der Waals surface area contributed by atoms with Crippen molar-refractivity contribution in [2.45, 2.75) is 5.33 Å². The Bertz CT molecular complexity index is 294. The van der Waals surface area contributed by atoms with Crippen LogP contribution in [0.2, 0.25) is 0 Å². The summed E-state index contributed by atoms with van der Waals surface area (Å²) in [5.74, 6) is 2.36. The van der Waals surface area contributed by atoms with Crippen LogP contribution in [0, 0.1) is 0 Å². The summed E-state index contributed by atoms with van der Waals surface area (Å²) in [6.45, 7) is 0.296. The maximum atomic E-state index is 5.24. The van der Waals surface area contributed by atoms with Gasteiger partial charge in [0, 0.05) is 17.0 Å². The smallest absolute Gasteiger partial charge is 0.231 e. The molecule has 70 valence electrons. The van der Waals surface area contributed by atoms with Crippen LogP contribution in [0.4, 0.5) is 0 Å². The van der Waals surface area contributed by atoms with Gasteiger partial charge >= 0.3 is 0 Å².